The average Bonchev–Trinajstić information content (AvgIpc) is 3.14. The second-order valence-corrected chi connectivity index (χ2v) is 5.18. The van der Waals surface area contributed by atoms with Crippen molar-refractivity contribution in [2.24, 2.45) is 0 Å². The molecule has 0 aromatic carbocycles. The van der Waals surface area contributed by atoms with Crippen molar-refractivity contribution in [1.82, 2.24) is 29.4 Å². The third-order valence-corrected chi connectivity index (χ3v) is 3.66. The van der Waals surface area contributed by atoms with Gasteiger partial charge in [-0.05, 0) is 0 Å². The van der Waals surface area contributed by atoms with E-state index < -0.39 is 25.2 Å². The molecule has 3 heterocycles. The van der Waals surface area contributed by atoms with E-state index in [2.05, 4.69) is 25.0 Å². The molecule has 24 heavy (non-hydrogen) atoms. The Morgan fingerprint density at radius 2 is 2.21 bits per heavy atom. The van der Waals surface area contributed by atoms with Crippen molar-refractivity contribution in [3.05, 3.63) is 27.9 Å². The lowest BCUT2D eigenvalue weighted by molar-refractivity contribution is -0.325. The zero-order valence-corrected chi connectivity index (χ0v) is 12.4. The fraction of sp³-hybridized carbons (Fsp3) is 0.273. The number of hydrogen-bond acceptors (Lipinski definition) is 8. The van der Waals surface area contributed by atoms with E-state index in [1.54, 1.807) is 0 Å². The lowest BCUT2D eigenvalue weighted by Crippen LogP contribution is -2.32. The summed E-state index contributed by atoms with van der Waals surface area (Å²) in [7, 11) is 0. The van der Waals surface area contributed by atoms with E-state index in [-0.39, 0.29) is 17.0 Å². The smallest absolute Gasteiger partial charge is 0.290 e. The normalized spacial score (nSPS) is 11.8. The molecule has 0 atom stereocenters. The Bertz CT molecular complexity index is 984. The molecule has 0 amide bonds. The average molecular weight is 357 g/mol. The Balaban J connectivity index is 1.91. The minimum atomic E-state index is -4.79. The first-order valence-electron chi connectivity index (χ1n) is 6.26. The molecule has 0 N–H and O–H groups in total. The molecule has 3 aromatic heterocycles. The minimum absolute atomic E-state index is 0.0897. The number of aromatic nitrogens is 6. The number of nitrogens with zero attached hydrogens (tertiary/aromatic N) is 7. The largest absolute Gasteiger partial charge is 0.522 e. The molecular formula is C11H6F3N7O2S. The van der Waals surface area contributed by atoms with E-state index in [1.165, 1.54) is 5.38 Å². The molecule has 0 saturated carbocycles. The zero-order chi connectivity index (χ0) is 17.3. The van der Waals surface area contributed by atoms with E-state index in [4.69, 9.17) is 5.26 Å². The standard InChI is InChI=1S/C11H6F3N7O2S/c12-11(13,14)23-2-1-21-10(22)20-5-16-7(8(20)18-19-21)9-17-6(3-15)4-24-9/h4-5H,1-2H2. The van der Waals surface area contributed by atoms with Crippen molar-refractivity contribution in [3.8, 4) is 16.8 Å². The van der Waals surface area contributed by atoms with E-state index in [1.807, 2.05) is 6.07 Å². The number of fused-ring (bicyclic) bond motifs is 1. The molecule has 3 aromatic rings. The van der Waals surface area contributed by atoms with Gasteiger partial charge in [0.2, 0.25) is 0 Å². The summed E-state index contributed by atoms with van der Waals surface area (Å²) in [6, 6.07) is 1.87. The van der Waals surface area contributed by atoms with E-state index >= 15 is 0 Å². The van der Waals surface area contributed by atoms with Gasteiger partial charge in [0, 0.05) is 5.38 Å². The maximum Gasteiger partial charge on any atom is 0.522 e. The Labute approximate surface area is 134 Å². The summed E-state index contributed by atoms with van der Waals surface area (Å²) in [5.41, 5.74) is -0.181. The molecule has 0 fully saturated rings. The summed E-state index contributed by atoms with van der Waals surface area (Å²) in [5.74, 6) is 0. The van der Waals surface area contributed by atoms with Crippen LogP contribution in [0.15, 0.2) is 16.5 Å². The van der Waals surface area contributed by atoms with Crippen LogP contribution in [-0.4, -0.2) is 42.3 Å². The van der Waals surface area contributed by atoms with E-state index in [9.17, 15) is 18.0 Å². The first-order valence-corrected chi connectivity index (χ1v) is 7.14. The second kappa shape index (κ2) is 5.98. The summed E-state index contributed by atoms with van der Waals surface area (Å²) in [6.45, 7) is -1.20. The van der Waals surface area contributed by atoms with Gasteiger partial charge >= 0.3 is 12.1 Å². The summed E-state index contributed by atoms with van der Waals surface area (Å²) < 4.78 is 41.2. The Hall–Kier alpha value is -2.85. The number of nitriles is 1. The van der Waals surface area contributed by atoms with Crippen molar-refractivity contribution in [2.45, 2.75) is 12.9 Å². The van der Waals surface area contributed by atoms with Gasteiger partial charge in [0.25, 0.3) is 0 Å². The third kappa shape index (κ3) is 3.09. The van der Waals surface area contributed by atoms with Gasteiger partial charge in [0.15, 0.2) is 11.3 Å². The monoisotopic (exact) mass is 357 g/mol. The number of hydrogen-bond donors (Lipinski definition) is 0. The SMILES string of the molecule is N#Cc1csc(-c2ncn3c(=O)n(CCOC(F)(F)F)nnc23)n1. The Kier molecular flexibility index (Phi) is 3.99. The summed E-state index contributed by atoms with van der Waals surface area (Å²) in [4.78, 5) is 20.2. The summed E-state index contributed by atoms with van der Waals surface area (Å²) in [6.07, 6.45) is -3.62. The van der Waals surface area contributed by atoms with Crippen molar-refractivity contribution >= 4 is 17.0 Å². The molecule has 0 bridgehead atoms. The molecule has 0 unspecified atom stereocenters. The zero-order valence-electron chi connectivity index (χ0n) is 11.6. The van der Waals surface area contributed by atoms with Gasteiger partial charge in [-0.25, -0.2) is 19.2 Å². The topological polar surface area (TPSA) is 111 Å². The number of ether oxygens (including phenoxy) is 1. The molecule has 124 valence electrons. The Morgan fingerprint density at radius 3 is 2.88 bits per heavy atom. The molecule has 0 saturated heterocycles. The molecule has 9 nitrogen and oxygen atoms in total. The van der Waals surface area contributed by atoms with Gasteiger partial charge in [-0.3, -0.25) is 4.74 Å². The van der Waals surface area contributed by atoms with Crippen LogP contribution in [-0.2, 0) is 11.3 Å². The lowest BCUT2D eigenvalue weighted by atomic mass is 10.4. The van der Waals surface area contributed by atoms with Gasteiger partial charge in [-0.1, -0.05) is 5.21 Å². The van der Waals surface area contributed by atoms with E-state index in [0.29, 0.717) is 5.01 Å². The van der Waals surface area contributed by atoms with Gasteiger partial charge in [0.1, 0.15) is 23.1 Å². The van der Waals surface area contributed by atoms with Crippen LogP contribution < -0.4 is 5.69 Å². The molecule has 0 aliphatic carbocycles. The molecule has 0 radical (unpaired) electrons. The fourth-order valence-corrected chi connectivity index (χ4v) is 2.54. The summed E-state index contributed by atoms with van der Waals surface area (Å²) in [5, 5.41) is 18.0. The third-order valence-electron chi connectivity index (χ3n) is 2.81. The van der Waals surface area contributed by atoms with Crippen LogP contribution in [0.25, 0.3) is 16.3 Å². The highest BCUT2D eigenvalue weighted by Crippen LogP contribution is 2.24. The fourth-order valence-electron chi connectivity index (χ4n) is 1.81. The lowest BCUT2D eigenvalue weighted by Gasteiger charge is -2.07. The highest BCUT2D eigenvalue weighted by atomic mass is 32.1. The molecule has 13 heteroatoms. The van der Waals surface area contributed by atoms with Crippen LogP contribution in [0.1, 0.15) is 5.69 Å². The summed E-state index contributed by atoms with van der Waals surface area (Å²) >= 11 is 1.14. The predicted molar refractivity (Wildman–Crippen MR) is 72.9 cm³/mol. The van der Waals surface area contributed by atoms with Crippen LogP contribution in [0.2, 0.25) is 0 Å². The number of imidazole rings is 1. The number of thiazole rings is 1. The second-order valence-electron chi connectivity index (χ2n) is 4.33. The first kappa shape index (κ1) is 16.0. The van der Waals surface area contributed by atoms with Crippen LogP contribution in [0.4, 0.5) is 13.2 Å². The van der Waals surface area contributed by atoms with Crippen molar-refractivity contribution in [3.63, 3.8) is 0 Å². The van der Waals surface area contributed by atoms with Crippen molar-refractivity contribution < 1.29 is 17.9 Å². The molecule has 0 spiro atoms. The molecule has 0 aliphatic heterocycles. The highest BCUT2D eigenvalue weighted by Gasteiger charge is 2.28. The van der Waals surface area contributed by atoms with E-state index in [0.717, 1.165) is 26.7 Å². The first-order chi connectivity index (χ1) is 11.4. The van der Waals surface area contributed by atoms with Gasteiger partial charge in [0.05, 0.1) is 13.2 Å². The van der Waals surface area contributed by atoms with Crippen LogP contribution in [0, 0.1) is 11.3 Å². The van der Waals surface area contributed by atoms with Crippen molar-refractivity contribution in [1.29, 1.82) is 5.26 Å². The Morgan fingerprint density at radius 1 is 1.42 bits per heavy atom. The van der Waals surface area contributed by atoms with Crippen LogP contribution in [0.3, 0.4) is 0 Å². The maximum atomic E-state index is 12.2. The minimum Gasteiger partial charge on any atom is -0.290 e. The highest BCUT2D eigenvalue weighted by molar-refractivity contribution is 7.13. The van der Waals surface area contributed by atoms with Gasteiger partial charge in [-0.15, -0.1) is 29.6 Å². The van der Waals surface area contributed by atoms with Crippen LogP contribution in [0.5, 0.6) is 0 Å². The van der Waals surface area contributed by atoms with Gasteiger partial charge in [-0.2, -0.15) is 9.94 Å². The molecule has 3 rings (SSSR count). The van der Waals surface area contributed by atoms with Crippen LogP contribution >= 0.6 is 11.3 Å². The molecule has 0 aliphatic rings. The molecular weight excluding hydrogens is 351 g/mol. The number of halogens is 3. The predicted octanol–water partition coefficient (Wildman–Crippen LogP) is 0.818. The number of rotatable bonds is 4. The van der Waals surface area contributed by atoms with Crippen molar-refractivity contribution in [2.75, 3.05) is 6.61 Å². The quantitative estimate of drug-likeness (QED) is 0.679. The van der Waals surface area contributed by atoms with Gasteiger partial charge < -0.3 is 0 Å². The maximum absolute atomic E-state index is 12.2. The number of alkyl halides is 3.